The van der Waals surface area contributed by atoms with Gasteiger partial charge in [0.2, 0.25) is 5.91 Å². The van der Waals surface area contributed by atoms with Crippen molar-refractivity contribution >= 4 is 17.8 Å². The quantitative estimate of drug-likeness (QED) is 0.700. The average Bonchev–Trinajstić information content (AvgIpc) is 2.99. The van der Waals surface area contributed by atoms with Crippen LogP contribution in [0.5, 0.6) is 0 Å². The summed E-state index contributed by atoms with van der Waals surface area (Å²) in [5, 5.41) is 2.78. The lowest BCUT2D eigenvalue weighted by molar-refractivity contribution is -0.139. The van der Waals surface area contributed by atoms with E-state index in [1.54, 1.807) is 4.90 Å². The molecular formula is C23H27N3O3. The lowest BCUT2D eigenvalue weighted by Crippen LogP contribution is -2.47. The van der Waals surface area contributed by atoms with E-state index in [0.29, 0.717) is 25.9 Å². The molecule has 2 aromatic rings. The molecule has 4 amide bonds. The van der Waals surface area contributed by atoms with Crippen LogP contribution in [-0.4, -0.2) is 39.7 Å². The third kappa shape index (κ3) is 4.47. The van der Waals surface area contributed by atoms with Crippen molar-refractivity contribution in [1.29, 1.82) is 0 Å². The summed E-state index contributed by atoms with van der Waals surface area (Å²) >= 11 is 0. The molecule has 2 aromatic carbocycles. The number of amides is 4. The minimum absolute atomic E-state index is 0.258. The molecule has 1 heterocycles. The SMILES string of the molecule is CCC1(CC)NC(=O)N(CC(=O)N(Cc2ccccc2)Cc2ccccc2)C1=O. The number of imide groups is 1. The van der Waals surface area contributed by atoms with Crippen LogP contribution in [0.1, 0.15) is 37.8 Å². The third-order valence-corrected chi connectivity index (χ3v) is 5.53. The molecule has 6 heteroatoms. The molecule has 0 bridgehead atoms. The van der Waals surface area contributed by atoms with E-state index in [1.807, 2.05) is 74.5 Å². The summed E-state index contributed by atoms with van der Waals surface area (Å²) in [5.41, 5.74) is 1.08. The van der Waals surface area contributed by atoms with Gasteiger partial charge in [-0.05, 0) is 24.0 Å². The zero-order valence-electron chi connectivity index (χ0n) is 16.9. The van der Waals surface area contributed by atoms with Crippen LogP contribution in [0.2, 0.25) is 0 Å². The lowest BCUT2D eigenvalue weighted by atomic mass is 9.93. The molecule has 1 fully saturated rings. The standard InChI is InChI=1S/C23H27N3O3/c1-3-23(4-2)21(28)26(22(29)24-23)17-20(27)25(15-18-11-7-5-8-12-18)16-19-13-9-6-10-14-19/h5-14H,3-4,15-17H2,1-2H3,(H,24,29). The highest BCUT2D eigenvalue weighted by Crippen LogP contribution is 2.25. The van der Waals surface area contributed by atoms with Crippen molar-refractivity contribution in [2.24, 2.45) is 0 Å². The summed E-state index contributed by atoms with van der Waals surface area (Å²) in [4.78, 5) is 41.1. The van der Waals surface area contributed by atoms with Crippen molar-refractivity contribution in [2.75, 3.05) is 6.54 Å². The van der Waals surface area contributed by atoms with Gasteiger partial charge in [-0.15, -0.1) is 0 Å². The predicted molar refractivity (Wildman–Crippen MR) is 111 cm³/mol. The topological polar surface area (TPSA) is 69.7 Å². The Kier molecular flexibility index (Phi) is 6.32. The maximum absolute atomic E-state index is 13.1. The molecule has 0 aromatic heterocycles. The van der Waals surface area contributed by atoms with Crippen LogP contribution >= 0.6 is 0 Å². The zero-order valence-corrected chi connectivity index (χ0v) is 16.9. The number of nitrogens with one attached hydrogen (secondary N) is 1. The van der Waals surface area contributed by atoms with Crippen molar-refractivity contribution in [3.8, 4) is 0 Å². The number of urea groups is 1. The molecule has 0 aliphatic carbocycles. The van der Waals surface area contributed by atoms with E-state index in [-0.39, 0.29) is 18.4 Å². The highest BCUT2D eigenvalue weighted by molar-refractivity contribution is 6.08. The van der Waals surface area contributed by atoms with Gasteiger partial charge >= 0.3 is 6.03 Å². The Balaban J connectivity index is 1.79. The van der Waals surface area contributed by atoms with E-state index in [0.717, 1.165) is 16.0 Å². The zero-order chi connectivity index (χ0) is 20.9. The van der Waals surface area contributed by atoms with Gasteiger partial charge < -0.3 is 10.2 Å². The first-order valence-corrected chi connectivity index (χ1v) is 9.99. The molecule has 152 valence electrons. The minimum Gasteiger partial charge on any atom is -0.332 e. The molecule has 1 saturated heterocycles. The van der Waals surface area contributed by atoms with Crippen LogP contribution < -0.4 is 5.32 Å². The molecule has 1 N–H and O–H groups in total. The second-order valence-electron chi connectivity index (χ2n) is 7.33. The summed E-state index contributed by atoms with van der Waals surface area (Å²) in [6, 6.07) is 18.9. The number of carbonyl (C=O) groups excluding carboxylic acids is 3. The smallest absolute Gasteiger partial charge is 0.325 e. The van der Waals surface area contributed by atoms with E-state index in [4.69, 9.17) is 0 Å². The van der Waals surface area contributed by atoms with Crippen LogP contribution in [0.25, 0.3) is 0 Å². The van der Waals surface area contributed by atoms with E-state index in [1.165, 1.54) is 0 Å². The molecule has 6 nitrogen and oxygen atoms in total. The summed E-state index contributed by atoms with van der Waals surface area (Å²) in [5.74, 6) is -0.579. The van der Waals surface area contributed by atoms with Gasteiger partial charge in [-0.2, -0.15) is 0 Å². The lowest BCUT2D eigenvalue weighted by Gasteiger charge is -2.26. The van der Waals surface area contributed by atoms with Crippen molar-refractivity contribution in [1.82, 2.24) is 15.1 Å². The van der Waals surface area contributed by atoms with Crippen LogP contribution in [0.3, 0.4) is 0 Å². The molecule has 29 heavy (non-hydrogen) atoms. The van der Waals surface area contributed by atoms with Crippen molar-refractivity contribution < 1.29 is 14.4 Å². The summed E-state index contributed by atoms with van der Waals surface area (Å²) in [7, 11) is 0. The second-order valence-corrected chi connectivity index (χ2v) is 7.33. The number of benzene rings is 2. The maximum Gasteiger partial charge on any atom is 0.325 e. The van der Waals surface area contributed by atoms with Gasteiger partial charge in [0, 0.05) is 13.1 Å². The van der Waals surface area contributed by atoms with Crippen molar-refractivity contribution in [3.05, 3.63) is 71.8 Å². The van der Waals surface area contributed by atoms with Gasteiger partial charge in [0.05, 0.1) is 0 Å². The summed E-state index contributed by atoms with van der Waals surface area (Å²) in [6.45, 7) is 4.29. The molecule has 3 rings (SSSR count). The fraction of sp³-hybridized carbons (Fsp3) is 0.348. The molecule has 1 aliphatic heterocycles. The third-order valence-electron chi connectivity index (χ3n) is 5.53. The van der Waals surface area contributed by atoms with Gasteiger partial charge in [-0.1, -0.05) is 74.5 Å². The van der Waals surface area contributed by atoms with Crippen LogP contribution in [0, 0.1) is 0 Å². The summed E-state index contributed by atoms with van der Waals surface area (Å²) < 4.78 is 0. The van der Waals surface area contributed by atoms with E-state index in [9.17, 15) is 14.4 Å². The largest absolute Gasteiger partial charge is 0.332 e. The molecule has 0 radical (unpaired) electrons. The van der Waals surface area contributed by atoms with Crippen LogP contribution in [-0.2, 0) is 22.7 Å². The Bertz CT molecular complexity index is 822. The van der Waals surface area contributed by atoms with Gasteiger partial charge in [0.25, 0.3) is 5.91 Å². The van der Waals surface area contributed by atoms with Gasteiger partial charge in [-0.25, -0.2) is 4.79 Å². The van der Waals surface area contributed by atoms with E-state index < -0.39 is 11.6 Å². The Hall–Kier alpha value is -3.15. The minimum atomic E-state index is -0.902. The van der Waals surface area contributed by atoms with Crippen LogP contribution in [0.15, 0.2) is 60.7 Å². The Morgan fingerprint density at radius 3 is 1.79 bits per heavy atom. The number of rotatable bonds is 8. The second kappa shape index (κ2) is 8.90. The first kappa shape index (κ1) is 20.6. The van der Waals surface area contributed by atoms with Crippen molar-refractivity contribution in [2.45, 2.75) is 45.3 Å². The normalized spacial score (nSPS) is 15.3. The van der Waals surface area contributed by atoms with E-state index >= 15 is 0 Å². The average molecular weight is 393 g/mol. The number of hydrogen-bond acceptors (Lipinski definition) is 3. The molecule has 0 saturated carbocycles. The highest BCUT2D eigenvalue weighted by atomic mass is 16.2. The summed E-state index contributed by atoms with van der Waals surface area (Å²) in [6.07, 6.45) is 0.993. The van der Waals surface area contributed by atoms with Gasteiger partial charge in [0.1, 0.15) is 12.1 Å². The fourth-order valence-electron chi connectivity index (χ4n) is 3.62. The Morgan fingerprint density at radius 1 is 0.897 bits per heavy atom. The highest BCUT2D eigenvalue weighted by Gasteiger charge is 2.49. The first-order chi connectivity index (χ1) is 14.0. The van der Waals surface area contributed by atoms with Crippen LogP contribution in [0.4, 0.5) is 4.79 Å². The van der Waals surface area contributed by atoms with Gasteiger partial charge in [-0.3, -0.25) is 14.5 Å². The Labute approximate surface area is 171 Å². The number of nitrogens with zero attached hydrogens (tertiary/aromatic N) is 2. The Morgan fingerprint density at radius 2 is 1.38 bits per heavy atom. The molecule has 1 aliphatic rings. The molecular weight excluding hydrogens is 366 g/mol. The molecule has 0 atom stereocenters. The predicted octanol–water partition coefficient (Wildman–Crippen LogP) is 3.33. The molecule has 0 spiro atoms. The maximum atomic E-state index is 13.1. The molecule has 0 unspecified atom stereocenters. The monoisotopic (exact) mass is 393 g/mol. The fourth-order valence-corrected chi connectivity index (χ4v) is 3.62. The van der Waals surface area contributed by atoms with E-state index in [2.05, 4.69) is 5.32 Å². The number of carbonyl (C=O) groups is 3. The van der Waals surface area contributed by atoms with Crippen molar-refractivity contribution in [3.63, 3.8) is 0 Å². The van der Waals surface area contributed by atoms with Gasteiger partial charge in [0.15, 0.2) is 0 Å². The number of hydrogen-bond donors (Lipinski definition) is 1. The first-order valence-electron chi connectivity index (χ1n) is 9.99.